The molecule has 0 spiro atoms. The summed E-state index contributed by atoms with van der Waals surface area (Å²) in [5, 5.41) is 0. The lowest BCUT2D eigenvalue weighted by molar-refractivity contribution is -0.319. The largest absolute Gasteiger partial charge is 0.454 e. The van der Waals surface area contributed by atoms with Crippen LogP contribution in [0.1, 0.15) is 20.8 Å². The first-order valence-electron chi connectivity index (χ1n) is 5.79. The molecule has 0 aromatic rings. The third-order valence-electron chi connectivity index (χ3n) is 2.85. The highest BCUT2D eigenvalue weighted by Crippen LogP contribution is 2.36. The van der Waals surface area contributed by atoms with Gasteiger partial charge in [0.2, 0.25) is 0 Å². The van der Waals surface area contributed by atoms with Crippen LogP contribution in [0, 0.1) is 0 Å². The number of fused-ring (bicyclic) bond motifs is 1. The van der Waals surface area contributed by atoms with E-state index in [0.717, 1.165) is 0 Å². The number of ether oxygens (including phenoxy) is 4. The van der Waals surface area contributed by atoms with Gasteiger partial charge >= 0.3 is 5.97 Å². The summed E-state index contributed by atoms with van der Waals surface area (Å²) in [6, 6.07) is 0. The Kier molecular flexibility index (Phi) is 3.25. The summed E-state index contributed by atoms with van der Waals surface area (Å²) < 4.78 is 22.0. The van der Waals surface area contributed by atoms with Gasteiger partial charge in [0.05, 0.1) is 0 Å². The zero-order valence-corrected chi connectivity index (χ0v) is 10.3. The zero-order chi connectivity index (χ0) is 12.6. The van der Waals surface area contributed by atoms with Crippen molar-refractivity contribution in [3.05, 3.63) is 12.7 Å². The molecule has 2 saturated heterocycles. The Morgan fingerprint density at radius 2 is 2.12 bits per heavy atom. The van der Waals surface area contributed by atoms with Crippen LogP contribution in [0.2, 0.25) is 0 Å². The van der Waals surface area contributed by atoms with E-state index in [1.807, 2.05) is 6.92 Å². The third-order valence-corrected chi connectivity index (χ3v) is 2.85. The van der Waals surface area contributed by atoms with E-state index >= 15 is 0 Å². The monoisotopic (exact) mass is 242 g/mol. The van der Waals surface area contributed by atoms with E-state index in [4.69, 9.17) is 18.9 Å². The molecule has 0 unspecified atom stereocenters. The summed E-state index contributed by atoms with van der Waals surface area (Å²) in [6.07, 6.45) is -0.309. The van der Waals surface area contributed by atoms with E-state index in [1.54, 1.807) is 19.9 Å². The van der Waals surface area contributed by atoms with Crippen LogP contribution in [0.25, 0.3) is 0 Å². The summed E-state index contributed by atoms with van der Waals surface area (Å²) >= 11 is 0. The molecule has 0 aromatic heterocycles. The molecule has 5 nitrogen and oxygen atoms in total. The molecule has 0 bridgehead atoms. The fourth-order valence-corrected chi connectivity index (χ4v) is 2.23. The van der Waals surface area contributed by atoms with Crippen LogP contribution in [0.3, 0.4) is 0 Å². The standard InChI is InChI=1S/C12H18O5/c1-5-7-8-9(17-12(3,4)16-7)10(14-6-2)11(13)15-8/h5,7-10H,1,6H2,2-4H3/t7-,8+,9-,10-/m1/s1. The zero-order valence-electron chi connectivity index (χ0n) is 10.3. The van der Waals surface area contributed by atoms with Gasteiger partial charge in [-0.1, -0.05) is 6.08 Å². The van der Waals surface area contributed by atoms with Gasteiger partial charge in [0, 0.05) is 6.61 Å². The molecule has 0 N–H and O–H groups in total. The predicted octanol–water partition coefficient (Wildman–Crippen LogP) is 1.02. The maximum absolute atomic E-state index is 11.7. The maximum atomic E-state index is 11.7. The summed E-state index contributed by atoms with van der Waals surface area (Å²) in [5.74, 6) is -1.17. The topological polar surface area (TPSA) is 54.0 Å². The van der Waals surface area contributed by atoms with Crippen molar-refractivity contribution in [2.45, 2.75) is 51.0 Å². The molecule has 2 rings (SSSR count). The highest BCUT2D eigenvalue weighted by Gasteiger charge is 2.55. The predicted molar refractivity (Wildman–Crippen MR) is 59.3 cm³/mol. The molecule has 96 valence electrons. The van der Waals surface area contributed by atoms with E-state index in [-0.39, 0.29) is 6.10 Å². The van der Waals surface area contributed by atoms with E-state index in [0.29, 0.717) is 6.61 Å². The molecular formula is C12H18O5. The molecule has 0 radical (unpaired) electrons. The quantitative estimate of drug-likeness (QED) is 0.546. The van der Waals surface area contributed by atoms with Gasteiger partial charge in [0.15, 0.2) is 18.0 Å². The smallest absolute Gasteiger partial charge is 0.338 e. The normalized spacial score (nSPS) is 39.6. The van der Waals surface area contributed by atoms with Crippen molar-refractivity contribution in [3.8, 4) is 0 Å². The van der Waals surface area contributed by atoms with E-state index in [1.165, 1.54) is 0 Å². The van der Waals surface area contributed by atoms with Crippen molar-refractivity contribution < 1.29 is 23.7 Å². The van der Waals surface area contributed by atoms with Gasteiger partial charge in [-0.25, -0.2) is 4.79 Å². The first-order valence-corrected chi connectivity index (χ1v) is 5.79. The summed E-state index contributed by atoms with van der Waals surface area (Å²) in [5.41, 5.74) is 0. The lowest BCUT2D eigenvalue weighted by Gasteiger charge is -2.41. The average molecular weight is 242 g/mol. The van der Waals surface area contributed by atoms with Crippen molar-refractivity contribution in [2.75, 3.05) is 6.61 Å². The van der Waals surface area contributed by atoms with Gasteiger partial charge < -0.3 is 18.9 Å². The molecule has 0 saturated carbocycles. The highest BCUT2D eigenvalue weighted by molar-refractivity contribution is 5.78. The second-order valence-electron chi connectivity index (χ2n) is 4.58. The van der Waals surface area contributed by atoms with Gasteiger partial charge in [-0.05, 0) is 20.8 Å². The number of carbonyl (C=O) groups excluding carboxylic acids is 1. The molecule has 2 fully saturated rings. The Labute approximate surface area is 101 Å². The Balaban J connectivity index is 2.22. The number of hydrogen-bond acceptors (Lipinski definition) is 5. The number of carbonyl (C=O) groups is 1. The van der Waals surface area contributed by atoms with Crippen LogP contribution in [0.5, 0.6) is 0 Å². The van der Waals surface area contributed by atoms with Crippen molar-refractivity contribution in [1.29, 1.82) is 0 Å². The molecule has 0 aliphatic carbocycles. The van der Waals surface area contributed by atoms with Gasteiger partial charge in [0.1, 0.15) is 12.2 Å². The fraction of sp³-hybridized carbons (Fsp3) is 0.750. The van der Waals surface area contributed by atoms with Crippen molar-refractivity contribution in [3.63, 3.8) is 0 Å². The van der Waals surface area contributed by atoms with Gasteiger partial charge in [-0.2, -0.15) is 0 Å². The molecule has 5 heteroatoms. The van der Waals surface area contributed by atoms with Gasteiger partial charge in [-0.15, -0.1) is 6.58 Å². The van der Waals surface area contributed by atoms with Crippen molar-refractivity contribution in [1.82, 2.24) is 0 Å². The van der Waals surface area contributed by atoms with Crippen LogP contribution in [-0.4, -0.2) is 42.8 Å². The lowest BCUT2D eigenvalue weighted by atomic mass is 10.0. The van der Waals surface area contributed by atoms with Crippen molar-refractivity contribution >= 4 is 5.97 Å². The van der Waals surface area contributed by atoms with Crippen molar-refractivity contribution in [2.24, 2.45) is 0 Å². The van der Waals surface area contributed by atoms with E-state index < -0.39 is 30.1 Å². The van der Waals surface area contributed by atoms with E-state index in [9.17, 15) is 4.79 Å². The molecule has 2 aliphatic heterocycles. The number of hydrogen-bond donors (Lipinski definition) is 0. The SMILES string of the molecule is C=C[C@H]1OC(C)(C)O[C@@H]2[C@H]1OC(=O)[C@@H]2OCC. The Morgan fingerprint density at radius 1 is 1.41 bits per heavy atom. The van der Waals surface area contributed by atoms with Crippen LogP contribution >= 0.6 is 0 Å². The Hall–Kier alpha value is -0.910. The lowest BCUT2D eigenvalue weighted by Crippen LogP contribution is -2.54. The second-order valence-corrected chi connectivity index (χ2v) is 4.58. The summed E-state index contributed by atoms with van der Waals surface area (Å²) in [6.45, 7) is 9.55. The molecule has 17 heavy (non-hydrogen) atoms. The number of esters is 1. The van der Waals surface area contributed by atoms with Gasteiger partial charge in [-0.3, -0.25) is 0 Å². The minimum absolute atomic E-state index is 0.363. The third kappa shape index (κ3) is 2.22. The highest BCUT2D eigenvalue weighted by atomic mass is 16.8. The number of rotatable bonds is 3. The first-order chi connectivity index (χ1) is 7.98. The van der Waals surface area contributed by atoms with Crippen LogP contribution in [0.15, 0.2) is 12.7 Å². The van der Waals surface area contributed by atoms with E-state index in [2.05, 4.69) is 6.58 Å². The summed E-state index contributed by atoms with van der Waals surface area (Å²) in [7, 11) is 0. The van der Waals surface area contributed by atoms with Crippen LogP contribution in [0.4, 0.5) is 0 Å². The van der Waals surface area contributed by atoms with Crippen LogP contribution < -0.4 is 0 Å². The summed E-state index contributed by atoms with van der Waals surface area (Å²) in [4.78, 5) is 11.7. The maximum Gasteiger partial charge on any atom is 0.338 e. The fourth-order valence-electron chi connectivity index (χ4n) is 2.23. The molecule has 0 amide bonds. The first kappa shape index (κ1) is 12.5. The average Bonchev–Trinajstić information content (AvgIpc) is 2.55. The molecule has 0 aromatic carbocycles. The Bertz CT molecular complexity index is 325. The van der Waals surface area contributed by atoms with Gasteiger partial charge in [0.25, 0.3) is 0 Å². The Morgan fingerprint density at radius 3 is 2.71 bits per heavy atom. The molecular weight excluding hydrogens is 224 g/mol. The molecule has 2 heterocycles. The minimum Gasteiger partial charge on any atom is -0.454 e. The second kappa shape index (κ2) is 4.40. The van der Waals surface area contributed by atoms with Crippen LogP contribution in [-0.2, 0) is 23.7 Å². The molecule has 4 atom stereocenters. The molecule has 2 aliphatic rings. The minimum atomic E-state index is -0.774.